The van der Waals surface area contributed by atoms with Crippen molar-refractivity contribution in [2.75, 3.05) is 31.4 Å². The van der Waals surface area contributed by atoms with Crippen LogP contribution in [0.1, 0.15) is 10.4 Å². The molecule has 1 aromatic heterocycles. The highest BCUT2D eigenvalue weighted by Gasteiger charge is 2.14. The number of rotatable bonds is 5. The SMILES string of the molecule is COc1nc(N(C)C)sc1CNc1c(Br)cc(C)cc1Br. The van der Waals surface area contributed by atoms with E-state index in [2.05, 4.69) is 61.2 Å². The smallest absolute Gasteiger partial charge is 0.231 e. The molecule has 0 fully saturated rings. The van der Waals surface area contributed by atoms with E-state index in [-0.39, 0.29) is 0 Å². The zero-order chi connectivity index (χ0) is 15.6. The number of aryl methyl sites for hydroxylation is 1. The van der Waals surface area contributed by atoms with Crippen LogP contribution < -0.4 is 15.0 Å². The monoisotopic (exact) mass is 433 g/mol. The van der Waals surface area contributed by atoms with Crippen LogP contribution in [-0.2, 0) is 6.54 Å². The minimum absolute atomic E-state index is 0.662. The Labute approximate surface area is 145 Å². The van der Waals surface area contributed by atoms with Crippen LogP contribution in [0.5, 0.6) is 5.88 Å². The fourth-order valence-electron chi connectivity index (χ4n) is 1.83. The van der Waals surface area contributed by atoms with Crippen LogP contribution in [0, 0.1) is 6.92 Å². The molecule has 0 unspecified atom stereocenters. The van der Waals surface area contributed by atoms with Crippen molar-refractivity contribution >= 4 is 54.0 Å². The van der Waals surface area contributed by atoms with Crippen molar-refractivity contribution in [3.8, 4) is 5.88 Å². The van der Waals surface area contributed by atoms with Gasteiger partial charge in [-0.25, -0.2) is 0 Å². The van der Waals surface area contributed by atoms with Crippen molar-refractivity contribution in [1.29, 1.82) is 0 Å². The third-order valence-corrected chi connectivity index (χ3v) is 5.29. The molecule has 1 heterocycles. The number of nitrogens with one attached hydrogen (secondary N) is 1. The van der Waals surface area contributed by atoms with Gasteiger partial charge in [-0.2, -0.15) is 4.98 Å². The topological polar surface area (TPSA) is 37.4 Å². The largest absolute Gasteiger partial charge is 0.480 e. The van der Waals surface area contributed by atoms with Crippen molar-refractivity contribution in [1.82, 2.24) is 4.98 Å². The molecule has 0 atom stereocenters. The van der Waals surface area contributed by atoms with Crippen LogP contribution in [0.2, 0.25) is 0 Å². The Morgan fingerprint density at radius 1 is 1.29 bits per heavy atom. The van der Waals surface area contributed by atoms with Crippen molar-refractivity contribution in [2.24, 2.45) is 0 Å². The molecular weight excluding hydrogens is 418 g/mol. The van der Waals surface area contributed by atoms with Gasteiger partial charge < -0.3 is 15.0 Å². The third-order valence-electron chi connectivity index (χ3n) is 2.84. The van der Waals surface area contributed by atoms with Crippen molar-refractivity contribution in [3.05, 3.63) is 31.5 Å². The zero-order valence-corrected chi connectivity index (χ0v) is 16.3. The first-order chi connectivity index (χ1) is 9.92. The van der Waals surface area contributed by atoms with Gasteiger partial charge in [0.25, 0.3) is 0 Å². The molecule has 0 radical (unpaired) electrons. The van der Waals surface area contributed by atoms with Gasteiger partial charge in [0.1, 0.15) is 0 Å². The molecule has 2 aromatic rings. The molecule has 0 spiro atoms. The average Bonchev–Trinajstić information content (AvgIpc) is 2.81. The molecule has 114 valence electrons. The van der Waals surface area contributed by atoms with E-state index < -0.39 is 0 Å². The van der Waals surface area contributed by atoms with Crippen molar-refractivity contribution < 1.29 is 4.74 Å². The highest BCUT2D eigenvalue weighted by Crippen LogP contribution is 2.35. The maximum absolute atomic E-state index is 5.35. The van der Waals surface area contributed by atoms with Crippen LogP contribution in [0.25, 0.3) is 0 Å². The fraction of sp³-hybridized carbons (Fsp3) is 0.357. The first-order valence-electron chi connectivity index (χ1n) is 6.33. The van der Waals surface area contributed by atoms with Crippen LogP contribution >= 0.6 is 43.2 Å². The number of anilines is 2. The molecule has 0 bridgehead atoms. The number of nitrogens with zero attached hydrogens (tertiary/aromatic N) is 2. The Bertz CT molecular complexity index is 620. The third kappa shape index (κ3) is 3.90. The molecule has 0 aliphatic carbocycles. The molecular formula is C14H17Br2N3OS. The lowest BCUT2D eigenvalue weighted by molar-refractivity contribution is 0.397. The van der Waals surface area contributed by atoms with E-state index in [1.54, 1.807) is 18.4 Å². The van der Waals surface area contributed by atoms with Gasteiger partial charge in [0.15, 0.2) is 5.13 Å². The molecule has 21 heavy (non-hydrogen) atoms. The molecule has 1 aromatic carbocycles. The highest BCUT2D eigenvalue weighted by molar-refractivity contribution is 9.11. The Morgan fingerprint density at radius 3 is 2.43 bits per heavy atom. The molecule has 0 saturated heterocycles. The van der Waals surface area contributed by atoms with Gasteiger partial charge in [-0.05, 0) is 56.5 Å². The van der Waals surface area contributed by atoms with E-state index in [4.69, 9.17) is 4.74 Å². The van der Waals surface area contributed by atoms with E-state index in [0.29, 0.717) is 12.4 Å². The number of benzene rings is 1. The quantitative estimate of drug-likeness (QED) is 0.742. The van der Waals surface area contributed by atoms with E-state index in [0.717, 1.165) is 24.6 Å². The Hall–Kier alpha value is -0.790. The van der Waals surface area contributed by atoms with Gasteiger partial charge in [-0.3, -0.25) is 0 Å². The van der Waals surface area contributed by atoms with Crippen LogP contribution in [0.3, 0.4) is 0 Å². The molecule has 4 nitrogen and oxygen atoms in total. The second-order valence-corrected chi connectivity index (χ2v) is 7.55. The van der Waals surface area contributed by atoms with Crippen LogP contribution in [0.15, 0.2) is 21.1 Å². The number of hydrogen-bond acceptors (Lipinski definition) is 5. The lowest BCUT2D eigenvalue weighted by Gasteiger charge is -2.11. The lowest BCUT2D eigenvalue weighted by Crippen LogP contribution is -2.07. The molecule has 7 heteroatoms. The summed E-state index contributed by atoms with van der Waals surface area (Å²) in [5.74, 6) is 0.676. The van der Waals surface area contributed by atoms with Gasteiger partial charge in [-0.15, -0.1) is 0 Å². The molecule has 0 amide bonds. The van der Waals surface area contributed by atoms with Gasteiger partial charge in [0.2, 0.25) is 5.88 Å². The summed E-state index contributed by atoms with van der Waals surface area (Å²) in [6, 6.07) is 4.17. The minimum Gasteiger partial charge on any atom is -0.480 e. The number of aromatic nitrogens is 1. The van der Waals surface area contributed by atoms with Crippen molar-refractivity contribution in [2.45, 2.75) is 13.5 Å². The predicted molar refractivity (Wildman–Crippen MR) is 96.9 cm³/mol. The summed E-state index contributed by atoms with van der Waals surface area (Å²) in [4.78, 5) is 7.51. The molecule has 2 rings (SSSR count). The Kier molecular flexibility index (Phi) is 5.51. The highest BCUT2D eigenvalue weighted by atomic mass is 79.9. The van der Waals surface area contributed by atoms with Crippen LogP contribution in [0.4, 0.5) is 10.8 Å². The number of thiazole rings is 1. The first-order valence-corrected chi connectivity index (χ1v) is 8.73. The summed E-state index contributed by atoms with van der Waals surface area (Å²) in [6.07, 6.45) is 0. The van der Waals surface area contributed by atoms with Gasteiger partial charge in [-0.1, -0.05) is 11.3 Å². The standard InChI is InChI=1S/C14H17Br2N3OS/c1-8-5-9(15)12(10(16)6-8)17-7-11-13(20-4)18-14(21-11)19(2)3/h5-6,17H,7H2,1-4H3. The summed E-state index contributed by atoms with van der Waals surface area (Å²) in [6.45, 7) is 2.73. The number of hydrogen-bond donors (Lipinski definition) is 1. The second kappa shape index (κ2) is 6.98. The maximum atomic E-state index is 5.35. The molecule has 0 saturated carbocycles. The Morgan fingerprint density at radius 2 is 1.90 bits per heavy atom. The molecule has 0 aliphatic rings. The first kappa shape index (κ1) is 16.6. The summed E-state index contributed by atoms with van der Waals surface area (Å²) in [5.41, 5.74) is 2.23. The van der Waals surface area contributed by atoms with Crippen molar-refractivity contribution in [3.63, 3.8) is 0 Å². The summed E-state index contributed by atoms with van der Waals surface area (Å²) >= 11 is 8.81. The lowest BCUT2D eigenvalue weighted by atomic mass is 10.2. The zero-order valence-electron chi connectivity index (χ0n) is 12.3. The minimum atomic E-state index is 0.662. The fourth-order valence-corrected chi connectivity index (χ4v) is 4.41. The summed E-state index contributed by atoms with van der Waals surface area (Å²) < 4.78 is 7.42. The summed E-state index contributed by atoms with van der Waals surface area (Å²) in [7, 11) is 5.60. The number of ether oxygens (including phenoxy) is 1. The summed E-state index contributed by atoms with van der Waals surface area (Å²) in [5, 5.41) is 4.37. The maximum Gasteiger partial charge on any atom is 0.231 e. The normalized spacial score (nSPS) is 10.6. The van der Waals surface area contributed by atoms with Crippen LogP contribution in [-0.4, -0.2) is 26.2 Å². The number of methoxy groups -OCH3 is 1. The average molecular weight is 435 g/mol. The van der Waals surface area contributed by atoms with E-state index in [1.807, 2.05) is 19.0 Å². The van der Waals surface area contributed by atoms with E-state index in [1.165, 1.54) is 5.56 Å². The Balaban J connectivity index is 2.20. The van der Waals surface area contributed by atoms with E-state index >= 15 is 0 Å². The second-order valence-electron chi connectivity index (χ2n) is 4.78. The van der Waals surface area contributed by atoms with E-state index in [9.17, 15) is 0 Å². The predicted octanol–water partition coefficient (Wildman–Crippen LogP) is 4.66. The van der Waals surface area contributed by atoms with Gasteiger partial charge in [0, 0.05) is 23.0 Å². The molecule has 0 aliphatic heterocycles. The number of halogens is 2. The van der Waals surface area contributed by atoms with Gasteiger partial charge >= 0.3 is 0 Å². The van der Waals surface area contributed by atoms with Gasteiger partial charge in [0.05, 0.1) is 24.2 Å². The molecule has 1 N–H and O–H groups in total.